The number of hydrogen-bond donors (Lipinski definition) is 0. The monoisotopic (exact) mass is 590 g/mol. The molecule has 0 heterocycles. The Labute approximate surface area is 236 Å². The number of hydrogen-bond acceptors (Lipinski definition) is 13. The van der Waals surface area contributed by atoms with Crippen LogP contribution in [-0.4, -0.2) is 163 Å². The average Bonchev–Trinajstić information content (AvgIpc) is 2.96. The van der Waals surface area contributed by atoms with E-state index in [-0.39, 0.29) is 0 Å². The van der Waals surface area contributed by atoms with Gasteiger partial charge in [-0.3, -0.25) is 0 Å². The van der Waals surface area contributed by atoms with E-state index in [4.69, 9.17) is 60.6 Å². The van der Waals surface area contributed by atoms with Gasteiger partial charge in [0.2, 0.25) is 0 Å². The summed E-state index contributed by atoms with van der Waals surface area (Å²) in [6.07, 6.45) is 0.810. The molecule has 0 amide bonds. The van der Waals surface area contributed by atoms with Crippen molar-refractivity contribution in [2.75, 3.05) is 154 Å². The molecule has 0 aliphatic carbocycles. The van der Waals surface area contributed by atoms with Gasteiger partial charge >= 0.3 is 8.80 Å². The smallest absolute Gasteiger partial charge is 0.382 e. The van der Waals surface area contributed by atoms with E-state index in [2.05, 4.69) is 0 Å². The minimum Gasteiger partial charge on any atom is -0.382 e. The van der Waals surface area contributed by atoms with Crippen molar-refractivity contribution < 1.29 is 60.6 Å². The summed E-state index contributed by atoms with van der Waals surface area (Å²) >= 11 is 0. The van der Waals surface area contributed by atoms with Gasteiger partial charge in [0.25, 0.3) is 0 Å². The van der Waals surface area contributed by atoms with E-state index < -0.39 is 8.80 Å². The summed E-state index contributed by atoms with van der Waals surface area (Å²) in [4.78, 5) is 0. The zero-order valence-electron chi connectivity index (χ0n) is 24.7. The summed E-state index contributed by atoms with van der Waals surface area (Å²) in [7, 11) is 3.97. The van der Waals surface area contributed by atoms with E-state index in [9.17, 15) is 0 Å². The Bertz CT molecular complexity index is 453. The average molecular weight is 591 g/mol. The summed E-state index contributed by atoms with van der Waals surface area (Å²) in [5, 5.41) is 0. The molecule has 0 rings (SSSR count). The number of methoxy groups -OCH3 is 1. The fourth-order valence-corrected chi connectivity index (χ4v) is 4.64. The molecule has 13 nitrogen and oxygen atoms in total. The molecule has 0 fully saturated rings. The summed E-state index contributed by atoms with van der Waals surface area (Å²) in [6, 6.07) is 0.718. The first-order valence-corrected chi connectivity index (χ1v) is 15.5. The first-order valence-electron chi connectivity index (χ1n) is 13.6. The Morgan fingerprint density at radius 3 is 0.769 bits per heavy atom. The van der Waals surface area contributed by atoms with Crippen LogP contribution in [0, 0.1) is 0 Å². The highest BCUT2D eigenvalue weighted by Crippen LogP contribution is 2.14. The molecule has 0 aromatic carbocycles. The fourth-order valence-electron chi connectivity index (χ4n) is 2.95. The van der Waals surface area contributed by atoms with Gasteiger partial charge in [0.15, 0.2) is 0 Å². The van der Waals surface area contributed by atoms with Crippen molar-refractivity contribution in [3.8, 4) is 0 Å². The van der Waals surface area contributed by atoms with E-state index in [0.29, 0.717) is 126 Å². The predicted molar refractivity (Wildman–Crippen MR) is 145 cm³/mol. The van der Waals surface area contributed by atoms with Crippen molar-refractivity contribution >= 4 is 8.80 Å². The van der Waals surface area contributed by atoms with Crippen molar-refractivity contribution in [1.29, 1.82) is 0 Å². The molecule has 0 radical (unpaired) electrons. The lowest BCUT2D eigenvalue weighted by Crippen LogP contribution is -2.42. The van der Waals surface area contributed by atoms with Crippen LogP contribution in [0.25, 0.3) is 0 Å². The van der Waals surface area contributed by atoms with Gasteiger partial charge in [-0.25, -0.2) is 0 Å². The highest BCUT2D eigenvalue weighted by atomic mass is 28.4. The van der Waals surface area contributed by atoms with Crippen LogP contribution in [0.3, 0.4) is 0 Å². The van der Waals surface area contributed by atoms with Gasteiger partial charge in [0.05, 0.1) is 119 Å². The van der Waals surface area contributed by atoms with Crippen molar-refractivity contribution in [2.45, 2.75) is 12.5 Å². The molecule has 0 spiro atoms. The Morgan fingerprint density at radius 1 is 0.308 bits per heavy atom. The van der Waals surface area contributed by atoms with E-state index in [1.807, 2.05) is 0 Å². The maximum atomic E-state index is 5.55. The van der Waals surface area contributed by atoms with Gasteiger partial charge in [-0.15, -0.1) is 0 Å². The SMILES string of the molecule is COCCOCCOCCOCCOCCOCCOCCOCCOCCOCCC[Si](OC)(OC)OC. The van der Waals surface area contributed by atoms with E-state index in [1.54, 1.807) is 28.4 Å². The lowest BCUT2D eigenvalue weighted by molar-refractivity contribution is -0.0259. The van der Waals surface area contributed by atoms with Crippen LogP contribution in [0.4, 0.5) is 0 Å². The molecule has 236 valence electrons. The van der Waals surface area contributed by atoms with Gasteiger partial charge in [0, 0.05) is 41.1 Å². The molecule has 0 aliphatic heterocycles. The first kappa shape index (κ1) is 38.7. The largest absolute Gasteiger partial charge is 0.500 e. The van der Waals surface area contributed by atoms with Crippen LogP contribution in [0.5, 0.6) is 0 Å². The Morgan fingerprint density at radius 2 is 0.538 bits per heavy atom. The van der Waals surface area contributed by atoms with Crippen LogP contribution in [0.15, 0.2) is 0 Å². The maximum absolute atomic E-state index is 5.55. The molecule has 39 heavy (non-hydrogen) atoms. The van der Waals surface area contributed by atoms with Crippen molar-refractivity contribution in [3.63, 3.8) is 0 Å². The van der Waals surface area contributed by atoms with Gasteiger partial charge in [-0.2, -0.15) is 0 Å². The Balaban J connectivity index is 3.12. The second-order valence-electron chi connectivity index (χ2n) is 7.90. The number of rotatable bonds is 34. The van der Waals surface area contributed by atoms with Crippen molar-refractivity contribution in [1.82, 2.24) is 0 Å². The summed E-state index contributed by atoms with van der Waals surface area (Å²) < 4.78 is 70.0. The van der Waals surface area contributed by atoms with Gasteiger partial charge in [-0.1, -0.05) is 0 Å². The molecule has 0 saturated carbocycles. The quantitative estimate of drug-likeness (QED) is 0.0785. The molecule has 14 heteroatoms. The van der Waals surface area contributed by atoms with Gasteiger partial charge in [0.1, 0.15) is 0 Å². The van der Waals surface area contributed by atoms with Crippen molar-refractivity contribution in [2.24, 2.45) is 0 Å². The lowest BCUT2D eigenvalue weighted by atomic mass is 10.5. The molecule has 0 aromatic rings. The molecule has 0 unspecified atom stereocenters. The van der Waals surface area contributed by atoms with E-state index in [1.165, 1.54) is 0 Å². The fraction of sp³-hybridized carbons (Fsp3) is 1.00. The molecule has 0 bridgehead atoms. The van der Waals surface area contributed by atoms with E-state index in [0.717, 1.165) is 12.5 Å². The molecule has 0 N–H and O–H groups in total. The number of ether oxygens (including phenoxy) is 10. The highest BCUT2D eigenvalue weighted by Gasteiger charge is 2.36. The molecular weight excluding hydrogens is 536 g/mol. The third-order valence-electron chi connectivity index (χ3n) is 5.11. The van der Waals surface area contributed by atoms with Crippen LogP contribution >= 0.6 is 0 Å². The minimum absolute atomic E-state index is 0.514. The maximum Gasteiger partial charge on any atom is 0.500 e. The van der Waals surface area contributed by atoms with Gasteiger partial charge in [-0.05, 0) is 6.42 Å². The third-order valence-corrected chi connectivity index (χ3v) is 7.94. The minimum atomic E-state index is -2.50. The molecule has 0 aliphatic rings. The van der Waals surface area contributed by atoms with Crippen molar-refractivity contribution in [3.05, 3.63) is 0 Å². The zero-order chi connectivity index (χ0) is 28.5. The molecular formula is C25H54O13Si. The van der Waals surface area contributed by atoms with Gasteiger partial charge < -0.3 is 60.6 Å². The standard InChI is InChI=1S/C25H54O13Si/c1-26-7-8-31-11-12-33-15-16-35-19-20-37-23-24-38-22-21-36-18-17-34-14-13-32-10-9-30-6-5-25-39(27-2,28-3)29-4/h5-25H2,1-4H3. The highest BCUT2D eigenvalue weighted by molar-refractivity contribution is 6.60. The van der Waals surface area contributed by atoms with Crippen LogP contribution in [-0.2, 0) is 60.6 Å². The first-order chi connectivity index (χ1) is 19.2. The second kappa shape index (κ2) is 32.2. The normalized spacial score (nSPS) is 12.0. The third kappa shape index (κ3) is 27.6. The van der Waals surface area contributed by atoms with Crippen LogP contribution in [0.1, 0.15) is 6.42 Å². The molecule has 0 aromatic heterocycles. The van der Waals surface area contributed by atoms with Crippen LogP contribution in [0.2, 0.25) is 6.04 Å². The Hall–Kier alpha value is -0.303. The predicted octanol–water partition coefficient (Wildman–Crippen LogP) is 1.05. The van der Waals surface area contributed by atoms with E-state index >= 15 is 0 Å². The van der Waals surface area contributed by atoms with Crippen LogP contribution < -0.4 is 0 Å². The Kier molecular flexibility index (Phi) is 32.0. The summed E-state index contributed by atoms with van der Waals surface area (Å²) in [5.74, 6) is 0. The summed E-state index contributed by atoms with van der Waals surface area (Å²) in [5.41, 5.74) is 0. The molecule has 0 atom stereocenters. The lowest BCUT2D eigenvalue weighted by Gasteiger charge is -2.24. The second-order valence-corrected chi connectivity index (χ2v) is 11.0. The molecule has 0 saturated heterocycles. The topological polar surface area (TPSA) is 120 Å². The summed E-state index contributed by atoms with van der Waals surface area (Å²) in [6.45, 7) is 10.2. The zero-order valence-corrected chi connectivity index (χ0v) is 25.7.